The Labute approximate surface area is 256 Å². The lowest BCUT2D eigenvalue weighted by Gasteiger charge is -2.39. The summed E-state index contributed by atoms with van der Waals surface area (Å²) in [5, 5.41) is 12.3. The average molecular weight is 594 g/mol. The first-order chi connectivity index (χ1) is 21.4. The molecule has 0 bridgehead atoms. The number of hydrogen-bond donors (Lipinski definition) is 2. The first-order valence-electron chi connectivity index (χ1n) is 14.4. The topological polar surface area (TPSA) is 108 Å². The minimum absolute atomic E-state index is 0.0510. The van der Waals surface area contributed by atoms with E-state index in [1.54, 1.807) is 36.3 Å². The van der Waals surface area contributed by atoms with E-state index in [1.165, 1.54) is 17.2 Å². The number of hydrogen-bond acceptors (Lipinski definition) is 6. The van der Waals surface area contributed by atoms with Gasteiger partial charge in [0.25, 0.3) is 0 Å². The number of piperazine rings is 1. The molecule has 1 fully saturated rings. The summed E-state index contributed by atoms with van der Waals surface area (Å²) in [5.74, 6) is -1.22. The number of carboxylic acid groups (broad SMARTS) is 1. The van der Waals surface area contributed by atoms with E-state index in [2.05, 4.69) is 34.5 Å². The highest BCUT2D eigenvalue weighted by Crippen LogP contribution is 2.30. The summed E-state index contributed by atoms with van der Waals surface area (Å²) in [7, 11) is 1.57. The van der Waals surface area contributed by atoms with Crippen molar-refractivity contribution < 1.29 is 29.0 Å². The number of benzene rings is 4. The van der Waals surface area contributed by atoms with Gasteiger partial charge in [0.2, 0.25) is 11.8 Å². The van der Waals surface area contributed by atoms with Crippen LogP contribution in [0.25, 0.3) is 11.1 Å². The van der Waals surface area contributed by atoms with Gasteiger partial charge in [-0.2, -0.15) is 0 Å². The number of carbonyl (C=O) groups is 3. The van der Waals surface area contributed by atoms with Gasteiger partial charge in [-0.05, 0) is 46.5 Å². The smallest absolute Gasteiger partial charge is 0.337 e. The highest BCUT2D eigenvalue weighted by Gasteiger charge is 2.28. The Hall–Kier alpha value is -4.99. The highest BCUT2D eigenvalue weighted by molar-refractivity contribution is 6.02. The molecule has 0 aliphatic carbocycles. The third-order valence-electron chi connectivity index (χ3n) is 7.67. The van der Waals surface area contributed by atoms with Gasteiger partial charge in [-0.15, -0.1) is 0 Å². The molecule has 0 atom stereocenters. The maximum absolute atomic E-state index is 12.9. The Balaban J connectivity index is 1.12. The molecule has 0 saturated carbocycles. The van der Waals surface area contributed by atoms with Crippen LogP contribution in [0.2, 0.25) is 0 Å². The fraction of sp³-hybridized carbons (Fsp3) is 0.229. The summed E-state index contributed by atoms with van der Waals surface area (Å²) in [6.07, 6.45) is 0. The molecule has 226 valence electrons. The zero-order valence-corrected chi connectivity index (χ0v) is 24.5. The molecular weight excluding hydrogens is 558 g/mol. The molecule has 4 aromatic rings. The van der Waals surface area contributed by atoms with Crippen molar-refractivity contribution in [1.82, 2.24) is 9.80 Å². The van der Waals surface area contributed by atoms with Crippen LogP contribution >= 0.6 is 0 Å². The Morgan fingerprint density at radius 1 is 0.773 bits per heavy atom. The highest BCUT2D eigenvalue weighted by atomic mass is 16.5. The number of rotatable bonds is 11. The molecule has 2 amide bonds. The lowest BCUT2D eigenvalue weighted by Crippen LogP contribution is -2.50. The molecule has 1 aliphatic heterocycles. The van der Waals surface area contributed by atoms with E-state index >= 15 is 0 Å². The SMILES string of the molecule is COc1ccc(-c2ccc(NC(=O)COCC(=O)N3CCN(C(c4ccccc4)c4ccccc4)CC3)c(C(=O)O)c2)cc1. The van der Waals surface area contributed by atoms with Gasteiger partial charge in [-0.1, -0.05) is 78.9 Å². The second-order valence-electron chi connectivity index (χ2n) is 10.5. The Kier molecular flexibility index (Phi) is 10.0. The van der Waals surface area contributed by atoms with Crippen LogP contribution in [0, 0.1) is 0 Å². The van der Waals surface area contributed by atoms with E-state index in [4.69, 9.17) is 9.47 Å². The predicted molar refractivity (Wildman–Crippen MR) is 168 cm³/mol. The lowest BCUT2D eigenvalue weighted by molar-refractivity contribution is -0.139. The molecule has 0 unspecified atom stereocenters. The van der Waals surface area contributed by atoms with Crippen LogP contribution in [0.1, 0.15) is 27.5 Å². The first kappa shape index (κ1) is 30.5. The van der Waals surface area contributed by atoms with E-state index < -0.39 is 11.9 Å². The number of methoxy groups -OCH3 is 1. The van der Waals surface area contributed by atoms with Crippen molar-refractivity contribution in [2.45, 2.75) is 6.04 Å². The van der Waals surface area contributed by atoms with Crippen LogP contribution in [0.4, 0.5) is 5.69 Å². The van der Waals surface area contributed by atoms with Crippen molar-refractivity contribution >= 4 is 23.5 Å². The third-order valence-corrected chi connectivity index (χ3v) is 7.67. The van der Waals surface area contributed by atoms with Crippen molar-refractivity contribution in [2.75, 3.05) is 51.8 Å². The summed E-state index contributed by atoms with van der Waals surface area (Å²) in [6, 6.07) is 32.8. The molecule has 1 saturated heterocycles. The number of nitrogens with zero attached hydrogens (tertiary/aromatic N) is 2. The third kappa shape index (κ3) is 7.50. The van der Waals surface area contributed by atoms with E-state index in [-0.39, 0.29) is 36.4 Å². The molecule has 5 rings (SSSR count). The average Bonchev–Trinajstić information content (AvgIpc) is 3.06. The summed E-state index contributed by atoms with van der Waals surface area (Å²) in [5.41, 5.74) is 4.00. The van der Waals surface area contributed by atoms with Crippen molar-refractivity contribution in [3.05, 3.63) is 120 Å². The van der Waals surface area contributed by atoms with Gasteiger partial charge in [0.1, 0.15) is 19.0 Å². The second-order valence-corrected chi connectivity index (χ2v) is 10.5. The summed E-state index contributed by atoms with van der Waals surface area (Å²) >= 11 is 0. The zero-order chi connectivity index (χ0) is 30.9. The fourth-order valence-electron chi connectivity index (χ4n) is 5.42. The van der Waals surface area contributed by atoms with Crippen LogP contribution in [0.5, 0.6) is 5.75 Å². The van der Waals surface area contributed by atoms with Crippen LogP contribution < -0.4 is 10.1 Å². The minimum atomic E-state index is -1.17. The maximum Gasteiger partial charge on any atom is 0.337 e. The molecule has 1 aliphatic rings. The van der Waals surface area contributed by atoms with Crippen molar-refractivity contribution in [3.8, 4) is 16.9 Å². The van der Waals surface area contributed by atoms with Gasteiger partial charge >= 0.3 is 5.97 Å². The number of nitrogens with one attached hydrogen (secondary N) is 1. The van der Waals surface area contributed by atoms with Crippen molar-refractivity contribution in [3.63, 3.8) is 0 Å². The van der Waals surface area contributed by atoms with Gasteiger partial charge in [-0.3, -0.25) is 14.5 Å². The molecule has 4 aromatic carbocycles. The maximum atomic E-state index is 12.9. The van der Waals surface area contributed by atoms with Gasteiger partial charge in [-0.25, -0.2) is 4.79 Å². The van der Waals surface area contributed by atoms with Gasteiger partial charge in [0.15, 0.2) is 0 Å². The molecule has 0 spiro atoms. The Morgan fingerprint density at radius 3 is 1.93 bits per heavy atom. The first-order valence-corrected chi connectivity index (χ1v) is 14.4. The summed E-state index contributed by atoms with van der Waals surface area (Å²) in [4.78, 5) is 41.5. The van der Waals surface area contributed by atoms with Gasteiger partial charge < -0.3 is 24.8 Å². The van der Waals surface area contributed by atoms with Crippen molar-refractivity contribution in [2.24, 2.45) is 0 Å². The number of amides is 2. The molecule has 0 radical (unpaired) electrons. The number of carboxylic acids is 1. The van der Waals surface area contributed by atoms with Crippen LogP contribution in [-0.2, 0) is 14.3 Å². The largest absolute Gasteiger partial charge is 0.497 e. The van der Waals surface area contributed by atoms with E-state index in [1.807, 2.05) is 48.5 Å². The lowest BCUT2D eigenvalue weighted by atomic mass is 9.96. The fourth-order valence-corrected chi connectivity index (χ4v) is 5.42. The van der Waals surface area contributed by atoms with Crippen LogP contribution in [0.3, 0.4) is 0 Å². The monoisotopic (exact) mass is 593 g/mol. The molecule has 9 heteroatoms. The van der Waals surface area contributed by atoms with Crippen LogP contribution in [-0.4, -0.2) is 79.2 Å². The summed E-state index contributed by atoms with van der Waals surface area (Å²) < 4.78 is 10.6. The minimum Gasteiger partial charge on any atom is -0.497 e. The standard InChI is InChI=1S/C35H35N3O6/c1-43-29-15-12-25(13-16-29)28-14-17-31(30(22-28)35(41)42)36-32(39)23-44-24-33(40)37-18-20-38(21-19-37)34(26-8-4-2-5-9-26)27-10-6-3-7-11-27/h2-17,22,34H,18-21,23-24H2,1H3,(H,36,39)(H,41,42). The number of ether oxygens (including phenoxy) is 2. The molecule has 2 N–H and O–H groups in total. The molecule has 44 heavy (non-hydrogen) atoms. The van der Waals surface area contributed by atoms with E-state index in [9.17, 15) is 19.5 Å². The van der Waals surface area contributed by atoms with E-state index in [0.29, 0.717) is 37.5 Å². The van der Waals surface area contributed by atoms with Gasteiger partial charge in [0, 0.05) is 26.2 Å². The molecule has 0 aromatic heterocycles. The second kappa shape index (κ2) is 14.5. The molecule has 9 nitrogen and oxygen atoms in total. The normalized spacial score (nSPS) is 13.5. The Bertz CT molecular complexity index is 1530. The number of anilines is 1. The predicted octanol–water partition coefficient (Wildman–Crippen LogP) is 4.95. The Morgan fingerprint density at radius 2 is 1.36 bits per heavy atom. The quantitative estimate of drug-likeness (QED) is 0.253. The molecular formula is C35H35N3O6. The summed E-state index contributed by atoms with van der Waals surface area (Å²) in [6.45, 7) is 1.88. The zero-order valence-electron chi connectivity index (χ0n) is 24.5. The van der Waals surface area contributed by atoms with E-state index in [0.717, 1.165) is 5.56 Å². The van der Waals surface area contributed by atoms with Crippen LogP contribution in [0.15, 0.2) is 103 Å². The number of carbonyl (C=O) groups excluding carboxylic acids is 2. The van der Waals surface area contributed by atoms with Crippen molar-refractivity contribution in [1.29, 1.82) is 0 Å². The van der Waals surface area contributed by atoms with Gasteiger partial charge in [0.05, 0.1) is 24.4 Å². The molecule has 1 heterocycles. The number of aromatic carboxylic acids is 1.